The maximum absolute atomic E-state index is 13.0. The number of hydrogen-bond donors (Lipinski definition) is 3. The molecular formula is C51H82O9. The smallest absolute Gasteiger partial charge is 0.417 e. The minimum Gasteiger partial charge on any atom is -0.473 e. The van der Waals surface area contributed by atoms with Crippen LogP contribution in [0, 0.1) is 92.7 Å². The summed E-state index contributed by atoms with van der Waals surface area (Å²) in [6.45, 7) is 18.7. The summed E-state index contributed by atoms with van der Waals surface area (Å²) in [5.41, 5.74) is -0.400. The lowest BCUT2D eigenvalue weighted by Crippen LogP contribution is -2.65. The van der Waals surface area contributed by atoms with Gasteiger partial charge in [-0.25, -0.2) is 14.4 Å². The standard InChI is InChI=1S/C25H38O6.C25H38O3.CH4.H2/c1-14-7-9-23(3)16(11-14)5-6-17-19(23)12-15(2)24(4)18(8-10-25(17,24)30)20(26)13-31-22(29)21(27)28;1-15-7-9-23(3)18(11-15)5-6-20-21(23)12-16(2)24(4)19(8-10-25(20,24)27)17-13-22(26)28-14-17;;/h14-19,30H,5-13H2,1-4H3,(H,27,28);13,15-16,18-21,27H,5-12,14H2,1-4H3;1H4;1H/t14-,15+,16+,17?,18+,19?,23-,24+,25-;15-,16+,18+,19+,20?,21?,23-,24+,25-;;/m00../s1/i;;;1+1. The summed E-state index contributed by atoms with van der Waals surface area (Å²) in [5, 5.41) is 33.3. The molecule has 340 valence electrons. The molecule has 0 spiro atoms. The van der Waals surface area contributed by atoms with Crippen LogP contribution >= 0.6 is 0 Å². The number of ketones is 1. The van der Waals surface area contributed by atoms with E-state index in [1.165, 1.54) is 57.8 Å². The number of carboxylic acids is 1. The second-order valence-corrected chi connectivity index (χ2v) is 23.3. The second-order valence-electron chi connectivity index (χ2n) is 23.3. The maximum Gasteiger partial charge on any atom is 0.417 e. The minimum atomic E-state index is -1.69. The van der Waals surface area contributed by atoms with Gasteiger partial charge >= 0.3 is 17.9 Å². The van der Waals surface area contributed by atoms with Gasteiger partial charge in [-0.1, -0.05) is 75.7 Å². The number of Topliss-reactive ketones (excluding diaryl/α,β-unsaturated/α-hetero) is 1. The molecule has 1 aliphatic heterocycles. The Morgan fingerprint density at radius 1 is 0.700 bits per heavy atom. The number of aliphatic carboxylic acids is 1. The number of fused-ring (bicyclic) bond motifs is 10. The monoisotopic (exact) mass is 840 g/mol. The predicted molar refractivity (Wildman–Crippen MR) is 232 cm³/mol. The first kappa shape index (κ1) is 45.8. The van der Waals surface area contributed by atoms with Gasteiger partial charge in [0.1, 0.15) is 6.61 Å². The van der Waals surface area contributed by atoms with Crippen LogP contribution in [0.25, 0.3) is 0 Å². The van der Waals surface area contributed by atoms with Gasteiger partial charge in [0.2, 0.25) is 0 Å². The Kier molecular flexibility index (Phi) is 12.0. The fourth-order valence-corrected chi connectivity index (χ4v) is 17.6. The summed E-state index contributed by atoms with van der Waals surface area (Å²) in [7, 11) is 0. The number of carboxylic acid groups (broad SMARTS) is 1. The van der Waals surface area contributed by atoms with Crippen LogP contribution in [0.2, 0.25) is 0 Å². The molecule has 9 heteroatoms. The summed E-state index contributed by atoms with van der Waals surface area (Å²) in [4.78, 5) is 46.8. The van der Waals surface area contributed by atoms with E-state index in [0.717, 1.165) is 61.3 Å². The molecule has 9 rings (SSSR count). The second kappa shape index (κ2) is 15.8. The molecule has 18 atom stereocenters. The molecule has 4 unspecified atom stereocenters. The molecule has 60 heavy (non-hydrogen) atoms. The minimum absolute atomic E-state index is 0. The first-order valence-corrected chi connectivity index (χ1v) is 23.9. The zero-order valence-corrected chi connectivity index (χ0v) is 37.5. The number of carbonyl (C=O) groups excluding carboxylic acids is 3. The van der Waals surface area contributed by atoms with E-state index in [-0.39, 0.29) is 49.2 Å². The lowest BCUT2D eigenvalue weighted by atomic mass is 9.41. The van der Waals surface area contributed by atoms with Gasteiger partial charge in [-0.2, -0.15) is 0 Å². The topological polar surface area (TPSA) is 147 Å². The number of cyclic esters (lactones) is 1. The van der Waals surface area contributed by atoms with Crippen molar-refractivity contribution in [1.82, 2.24) is 0 Å². The van der Waals surface area contributed by atoms with Gasteiger partial charge < -0.3 is 24.8 Å². The maximum atomic E-state index is 13.0. The first-order chi connectivity index (χ1) is 27.6. The van der Waals surface area contributed by atoms with Gasteiger partial charge in [0, 0.05) is 24.3 Å². The SMILES string of the molecule is C.C[C@H]1CC[C@]2(C)C3C[C@@H](C)[C@]4(C)[C@@H](C(=O)COC(=O)C(=O)O)CC[C@]4(O)C3CC[C@@H]2C1.C[C@H]1CC[C@]2(C)C3C[C@@H](C)[C@]4(C)[C@@H](C5=CC(=O)OC5)CC[C@]4(O)C3CC[C@@H]2C1.[2HH]. The van der Waals surface area contributed by atoms with E-state index in [2.05, 4.69) is 55.4 Å². The van der Waals surface area contributed by atoms with Crippen LogP contribution in [0.15, 0.2) is 11.6 Å². The van der Waals surface area contributed by atoms with Crippen molar-refractivity contribution in [1.29, 1.82) is 0 Å². The Morgan fingerprint density at radius 3 is 1.70 bits per heavy atom. The summed E-state index contributed by atoms with van der Waals surface area (Å²) < 4.78 is 9.97. The van der Waals surface area contributed by atoms with Crippen molar-refractivity contribution in [3.05, 3.63) is 11.6 Å². The molecule has 0 saturated heterocycles. The Balaban J connectivity index is 0.000000198. The summed E-state index contributed by atoms with van der Waals surface area (Å²) >= 11 is 0. The lowest BCUT2D eigenvalue weighted by molar-refractivity contribution is -0.227. The predicted octanol–water partition coefficient (Wildman–Crippen LogP) is 9.85. The Hall–Kier alpha value is -2.26. The normalized spacial score (nSPS) is 51.2. The van der Waals surface area contributed by atoms with Crippen LogP contribution in [0.4, 0.5) is 0 Å². The summed E-state index contributed by atoms with van der Waals surface area (Å²) in [6, 6.07) is 0. The van der Waals surface area contributed by atoms with Crippen LogP contribution in [0.1, 0.15) is 167 Å². The Bertz CT molecular complexity index is 1750. The number of hydrogen-bond acceptors (Lipinski definition) is 8. The summed E-state index contributed by atoms with van der Waals surface area (Å²) in [5.74, 6) is 1.94. The van der Waals surface area contributed by atoms with E-state index in [0.29, 0.717) is 48.5 Å². The lowest BCUT2D eigenvalue weighted by Gasteiger charge is -2.65. The highest BCUT2D eigenvalue weighted by Crippen LogP contribution is 2.73. The van der Waals surface area contributed by atoms with Gasteiger partial charge in [-0.3, -0.25) is 4.79 Å². The number of aliphatic hydroxyl groups is 2. The molecule has 0 bridgehead atoms. The molecule has 8 fully saturated rings. The van der Waals surface area contributed by atoms with Crippen molar-refractivity contribution in [3.8, 4) is 0 Å². The van der Waals surface area contributed by atoms with Crippen molar-refractivity contribution >= 4 is 23.7 Å². The molecule has 1 heterocycles. The molecule has 9 aliphatic rings. The van der Waals surface area contributed by atoms with E-state index >= 15 is 0 Å². The van der Waals surface area contributed by atoms with Gasteiger partial charge in [-0.15, -0.1) is 0 Å². The highest BCUT2D eigenvalue weighted by molar-refractivity contribution is 6.28. The number of rotatable bonds is 4. The highest BCUT2D eigenvalue weighted by atomic mass is 16.6. The average Bonchev–Trinajstić information content (AvgIpc) is 3.83. The molecule has 0 aromatic heterocycles. The third-order valence-corrected chi connectivity index (χ3v) is 21.4. The van der Waals surface area contributed by atoms with Crippen molar-refractivity contribution < 1.29 is 45.4 Å². The van der Waals surface area contributed by atoms with Crippen LogP contribution in [0.5, 0.6) is 0 Å². The van der Waals surface area contributed by atoms with Crippen LogP contribution < -0.4 is 0 Å². The van der Waals surface area contributed by atoms with E-state index in [1.807, 2.05) is 0 Å². The van der Waals surface area contributed by atoms with E-state index < -0.39 is 41.1 Å². The van der Waals surface area contributed by atoms with Crippen LogP contribution in [0.3, 0.4) is 0 Å². The largest absolute Gasteiger partial charge is 0.473 e. The zero-order chi connectivity index (χ0) is 42.7. The van der Waals surface area contributed by atoms with Crippen LogP contribution in [-0.4, -0.2) is 63.4 Å². The van der Waals surface area contributed by atoms with Gasteiger partial charge in [0.05, 0.1) is 11.2 Å². The number of esters is 2. The third kappa shape index (κ3) is 6.55. The zero-order valence-electron chi connectivity index (χ0n) is 37.5. The number of ether oxygens (including phenoxy) is 2. The first-order valence-electron chi connectivity index (χ1n) is 23.9. The molecule has 0 aromatic carbocycles. The molecule has 8 saturated carbocycles. The van der Waals surface area contributed by atoms with Crippen molar-refractivity contribution in [3.63, 3.8) is 0 Å². The molecule has 0 radical (unpaired) electrons. The molecular weight excluding hydrogens is 757 g/mol. The van der Waals surface area contributed by atoms with Crippen molar-refractivity contribution in [2.75, 3.05) is 13.2 Å². The van der Waals surface area contributed by atoms with Crippen molar-refractivity contribution in [2.45, 2.75) is 177 Å². The van der Waals surface area contributed by atoms with Gasteiger partial charge in [0.15, 0.2) is 12.4 Å². The molecule has 0 amide bonds. The van der Waals surface area contributed by atoms with Crippen molar-refractivity contribution in [2.24, 2.45) is 92.7 Å². The quantitative estimate of drug-likeness (QED) is 0.186. The fourth-order valence-electron chi connectivity index (χ4n) is 17.6. The Morgan fingerprint density at radius 2 is 1.20 bits per heavy atom. The van der Waals surface area contributed by atoms with E-state index in [4.69, 9.17) is 14.6 Å². The molecule has 0 aromatic rings. The molecule has 8 aliphatic carbocycles. The summed E-state index contributed by atoms with van der Waals surface area (Å²) in [6.07, 6.45) is 19.6. The fraction of sp³-hybridized carbons (Fsp3) is 0.882. The number of carbonyl (C=O) groups is 4. The van der Waals surface area contributed by atoms with Gasteiger partial charge in [-0.05, 0) is 171 Å². The Labute approximate surface area is 362 Å². The van der Waals surface area contributed by atoms with Crippen LogP contribution in [-0.2, 0) is 28.7 Å². The average molecular weight is 840 g/mol. The molecule has 9 nitrogen and oxygen atoms in total. The molecule has 3 N–H and O–H groups in total. The highest BCUT2D eigenvalue weighted by Gasteiger charge is 2.71. The van der Waals surface area contributed by atoms with E-state index in [1.54, 1.807) is 6.08 Å². The van der Waals surface area contributed by atoms with E-state index in [9.17, 15) is 29.4 Å². The third-order valence-electron chi connectivity index (χ3n) is 21.4. The van der Waals surface area contributed by atoms with Gasteiger partial charge in [0.25, 0.3) is 0 Å².